The van der Waals surface area contributed by atoms with Crippen LogP contribution in [-0.2, 0) is 14.3 Å². The normalized spacial score (nSPS) is 16.9. The lowest BCUT2D eigenvalue weighted by atomic mass is 9.97. The molecule has 1 saturated heterocycles. The van der Waals surface area contributed by atoms with Crippen molar-refractivity contribution >= 4 is 23.5 Å². The van der Waals surface area contributed by atoms with Crippen molar-refractivity contribution in [2.24, 2.45) is 11.8 Å². The predicted octanol–water partition coefficient (Wildman–Crippen LogP) is 3.48. The molecule has 0 unspecified atom stereocenters. The summed E-state index contributed by atoms with van der Waals surface area (Å²) < 4.78 is 5.10. The second-order valence-corrected chi connectivity index (χ2v) is 6.93. The molecular formula is C21H30N2O4. The molecule has 6 nitrogen and oxygen atoms in total. The average Bonchev–Trinajstić information content (AvgIpc) is 2.69. The van der Waals surface area contributed by atoms with Gasteiger partial charge in [-0.2, -0.15) is 0 Å². The molecule has 1 N–H and O–H groups in total. The summed E-state index contributed by atoms with van der Waals surface area (Å²) in [6, 6.07) is 7.00. The smallest absolute Gasteiger partial charge is 0.310 e. The van der Waals surface area contributed by atoms with E-state index < -0.39 is 0 Å². The number of esters is 1. The minimum Gasteiger partial charge on any atom is -0.466 e. The number of nitrogens with zero attached hydrogens (tertiary/aromatic N) is 1. The average molecular weight is 374 g/mol. The van der Waals surface area contributed by atoms with E-state index in [-0.39, 0.29) is 29.6 Å². The number of likely N-dealkylation sites (tertiary alicyclic amines) is 1. The van der Waals surface area contributed by atoms with E-state index in [4.69, 9.17) is 4.74 Å². The van der Waals surface area contributed by atoms with Gasteiger partial charge in [0, 0.05) is 30.3 Å². The summed E-state index contributed by atoms with van der Waals surface area (Å²) >= 11 is 0. The van der Waals surface area contributed by atoms with Gasteiger partial charge in [0.1, 0.15) is 0 Å². The van der Waals surface area contributed by atoms with Crippen LogP contribution in [0.2, 0.25) is 0 Å². The monoisotopic (exact) mass is 374 g/mol. The molecule has 1 aromatic carbocycles. The lowest BCUT2D eigenvalue weighted by Crippen LogP contribution is -2.42. The van der Waals surface area contributed by atoms with Crippen molar-refractivity contribution in [3.8, 4) is 0 Å². The molecule has 2 amide bonds. The molecule has 6 heteroatoms. The van der Waals surface area contributed by atoms with Crippen LogP contribution in [0.5, 0.6) is 0 Å². The first kappa shape index (κ1) is 20.9. The van der Waals surface area contributed by atoms with Gasteiger partial charge in [0.15, 0.2) is 0 Å². The van der Waals surface area contributed by atoms with Gasteiger partial charge in [0.25, 0.3) is 5.91 Å². The number of nitrogens with one attached hydrogen (secondary N) is 1. The molecule has 0 radical (unpaired) electrons. The number of ether oxygens (including phenoxy) is 1. The topological polar surface area (TPSA) is 75.7 Å². The Morgan fingerprint density at radius 1 is 1.22 bits per heavy atom. The lowest BCUT2D eigenvalue weighted by Gasteiger charge is -2.31. The summed E-state index contributed by atoms with van der Waals surface area (Å²) in [6.07, 6.45) is 3.09. The minimum atomic E-state index is -0.264. The molecule has 27 heavy (non-hydrogen) atoms. The molecule has 0 saturated carbocycles. The first-order valence-electron chi connectivity index (χ1n) is 9.86. The molecule has 0 bridgehead atoms. The highest BCUT2D eigenvalue weighted by Crippen LogP contribution is 2.21. The van der Waals surface area contributed by atoms with Crippen molar-refractivity contribution < 1.29 is 19.1 Å². The molecule has 1 aliphatic rings. The number of anilines is 1. The maximum atomic E-state index is 12.9. The zero-order chi connectivity index (χ0) is 19.8. The first-order valence-corrected chi connectivity index (χ1v) is 9.86. The molecule has 1 aromatic rings. The Morgan fingerprint density at radius 3 is 2.63 bits per heavy atom. The van der Waals surface area contributed by atoms with Gasteiger partial charge in [0.05, 0.1) is 12.5 Å². The third kappa shape index (κ3) is 5.55. The molecule has 1 fully saturated rings. The predicted molar refractivity (Wildman–Crippen MR) is 104 cm³/mol. The number of carbonyl (C=O) groups excluding carboxylic acids is 3. The Balaban J connectivity index is 2.06. The Morgan fingerprint density at radius 2 is 1.96 bits per heavy atom. The Hall–Kier alpha value is -2.37. The first-order chi connectivity index (χ1) is 13.0. The summed E-state index contributed by atoms with van der Waals surface area (Å²) in [4.78, 5) is 38.8. The summed E-state index contributed by atoms with van der Waals surface area (Å²) in [7, 11) is 0. The maximum Gasteiger partial charge on any atom is 0.310 e. The van der Waals surface area contributed by atoms with Crippen LogP contribution in [0.15, 0.2) is 24.3 Å². The lowest BCUT2D eigenvalue weighted by molar-refractivity contribution is -0.149. The van der Waals surface area contributed by atoms with Crippen molar-refractivity contribution in [2.45, 2.75) is 46.5 Å². The highest BCUT2D eigenvalue weighted by molar-refractivity contribution is 5.98. The molecule has 2 rings (SSSR count). The Bertz CT molecular complexity index is 670. The number of piperidine rings is 1. The molecule has 0 spiro atoms. The fraction of sp³-hybridized carbons (Fsp3) is 0.571. The standard InChI is InChI=1S/C21H30N2O4/c1-4-15(5-2)19(24)22-18-11-7-9-16(13-18)20(25)23-12-8-10-17(14-23)21(26)27-6-3/h7,9,11,13,15,17H,4-6,8,10,12,14H2,1-3H3,(H,22,24)/t17-/m1/s1. The van der Waals surface area contributed by atoms with Crippen molar-refractivity contribution in [1.29, 1.82) is 0 Å². The Labute approximate surface area is 161 Å². The Kier molecular flexibility index (Phi) is 7.82. The summed E-state index contributed by atoms with van der Waals surface area (Å²) in [5.74, 6) is -0.675. The number of hydrogen-bond acceptors (Lipinski definition) is 4. The van der Waals surface area contributed by atoms with Crippen LogP contribution < -0.4 is 5.32 Å². The summed E-state index contributed by atoms with van der Waals surface area (Å²) in [5, 5.41) is 2.90. The van der Waals surface area contributed by atoms with E-state index in [9.17, 15) is 14.4 Å². The molecule has 1 heterocycles. The highest BCUT2D eigenvalue weighted by atomic mass is 16.5. The summed E-state index contributed by atoms with van der Waals surface area (Å²) in [6.45, 7) is 7.11. The fourth-order valence-corrected chi connectivity index (χ4v) is 3.43. The number of benzene rings is 1. The molecule has 0 aromatic heterocycles. The molecule has 1 aliphatic heterocycles. The third-order valence-corrected chi connectivity index (χ3v) is 5.06. The van der Waals surface area contributed by atoms with E-state index in [2.05, 4.69) is 5.32 Å². The van der Waals surface area contributed by atoms with Crippen LogP contribution in [0.25, 0.3) is 0 Å². The van der Waals surface area contributed by atoms with Crippen LogP contribution >= 0.6 is 0 Å². The van der Waals surface area contributed by atoms with Crippen molar-refractivity contribution in [3.63, 3.8) is 0 Å². The number of rotatable bonds is 7. The van der Waals surface area contributed by atoms with E-state index in [0.29, 0.717) is 30.9 Å². The van der Waals surface area contributed by atoms with Crippen LogP contribution in [-0.4, -0.2) is 42.4 Å². The quantitative estimate of drug-likeness (QED) is 0.742. The third-order valence-electron chi connectivity index (χ3n) is 5.06. The number of amides is 2. The van der Waals surface area contributed by atoms with E-state index >= 15 is 0 Å². The number of hydrogen-bond donors (Lipinski definition) is 1. The van der Waals surface area contributed by atoms with Crippen molar-refractivity contribution in [2.75, 3.05) is 25.0 Å². The van der Waals surface area contributed by atoms with E-state index in [1.54, 1.807) is 36.1 Å². The van der Waals surface area contributed by atoms with Crippen LogP contribution in [0.4, 0.5) is 5.69 Å². The SMILES string of the molecule is CCOC(=O)[C@@H]1CCCN(C(=O)c2cccc(NC(=O)C(CC)CC)c2)C1. The van der Waals surface area contributed by atoms with Gasteiger partial charge in [-0.1, -0.05) is 19.9 Å². The van der Waals surface area contributed by atoms with Crippen molar-refractivity contribution in [3.05, 3.63) is 29.8 Å². The molecule has 1 atom stereocenters. The van der Waals surface area contributed by atoms with E-state index in [1.807, 2.05) is 13.8 Å². The maximum absolute atomic E-state index is 12.9. The zero-order valence-corrected chi connectivity index (χ0v) is 16.5. The summed E-state index contributed by atoms with van der Waals surface area (Å²) in [5.41, 5.74) is 1.14. The van der Waals surface area contributed by atoms with Gasteiger partial charge in [-0.05, 0) is 50.8 Å². The second-order valence-electron chi connectivity index (χ2n) is 6.93. The molecule has 0 aliphatic carbocycles. The van der Waals surface area contributed by atoms with Gasteiger partial charge in [-0.15, -0.1) is 0 Å². The zero-order valence-electron chi connectivity index (χ0n) is 16.5. The minimum absolute atomic E-state index is 0.0232. The van der Waals surface area contributed by atoms with Crippen molar-refractivity contribution in [1.82, 2.24) is 4.90 Å². The second kappa shape index (κ2) is 10.1. The van der Waals surface area contributed by atoms with Gasteiger partial charge in [0.2, 0.25) is 5.91 Å². The van der Waals surface area contributed by atoms with Gasteiger partial charge >= 0.3 is 5.97 Å². The van der Waals surface area contributed by atoms with Gasteiger partial charge < -0.3 is 15.0 Å². The van der Waals surface area contributed by atoms with Crippen LogP contribution in [0.3, 0.4) is 0 Å². The fourth-order valence-electron chi connectivity index (χ4n) is 3.43. The largest absolute Gasteiger partial charge is 0.466 e. The van der Waals surface area contributed by atoms with E-state index in [1.165, 1.54) is 0 Å². The highest BCUT2D eigenvalue weighted by Gasteiger charge is 2.29. The molecular weight excluding hydrogens is 344 g/mol. The number of carbonyl (C=O) groups is 3. The van der Waals surface area contributed by atoms with Crippen LogP contribution in [0, 0.1) is 11.8 Å². The van der Waals surface area contributed by atoms with E-state index in [0.717, 1.165) is 25.7 Å². The van der Waals surface area contributed by atoms with Gasteiger partial charge in [-0.3, -0.25) is 14.4 Å². The van der Waals surface area contributed by atoms with Crippen LogP contribution in [0.1, 0.15) is 56.8 Å². The van der Waals surface area contributed by atoms with Gasteiger partial charge in [-0.25, -0.2) is 0 Å². The molecule has 148 valence electrons.